The molecule has 0 fully saturated rings. The summed E-state index contributed by atoms with van der Waals surface area (Å²) in [4.78, 5) is 23.3. The van der Waals surface area contributed by atoms with Crippen LogP contribution in [0.15, 0.2) is 54.2 Å². The summed E-state index contributed by atoms with van der Waals surface area (Å²) in [6.07, 6.45) is 10.0. The summed E-state index contributed by atoms with van der Waals surface area (Å²) in [7, 11) is 0. The van der Waals surface area contributed by atoms with E-state index in [0.717, 1.165) is 18.5 Å². The van der Waals surface area contributed by atoms with Crippen molar-refractivity contribution < 1.29 is 4.79 Å². The Morgan fingerprint density at radius 2 is 2.04 bits per heavy atom. The third-order valence-electron chi connectivity index (χ3n) is 4.87. The van der Waals surface area contributed by atoms with Crippen molar-refractivity contribution >= 4 is 11.9 Å². The molecule has 5 heteroatoms. The summed E-state index contributed by atoms with van der Waals surface area (Å²) < 4.78 is 0. The van der Waals surface area contributed by atoms with Gasteiger partial charge >= 0.3 is 0 Å². The minimum atomic E-state index is -0.0678. The van der Waals surface area contributed by atoms with Gasteiger partial charge in [-0.15, -0.1) is 0 Å². The third-order valence-corrected chi connectivity index (χ3v) is 4.87. The number of benzene rings is 1. The molecular formula is C22H28N4O. The molecule has 142 valence electrons. The van der Waals surface area contributed by atoms with Crippen LogP contribution < -0.4 is 5.32 Å². The number of carbonyl (C=O) groups excluding carboxylic acids is 1. The second-order valence-electron chi connectivity index (χ2n) is 6.86. The number of hydrogen-bond donors (Lipinski definition) is 1. The van der Waals surface area contributed by atoms with Crippen molar-refractivity contribution in [3.63, 3.8) is 0 Å². The lowest BCUT2D eigenvalue weighted by Crippen LogP contribution is -2.31. The maximum absolute atomic E-state index is 12.9. The van der Waals surface area contributed by atoms with E-state index in [4.69, 9.17) is 0 Å². The number of nitrogens with zero attached hydrogens (tertiary/aromatic N) is 3. The average Bonchev–Trinajstić information content (AvgIpc) is 2.73. The molecule has 0 saturated heterocycles. The Morgan fingerprint density at radius 1 is 1.19 bits per heavy atom. The van der Waals surface area contributed by atoms with E-state index in [0.29, 0.717) is 24.7 Å². The van der Waals surface area contributed by atoms with Gasteiger partial charge in [-0.05, 0) is 50.7 Å². The highest BCUT2D eigenvalue weighted by molar-refractivity contribution is 5.92. The van der Waals surface area contributed by atoms with Crippen molar-refractivity contribution in [2.75, 3.05) is 18.4 Å². The summed E-state index contributed by atoms with van der Waals surface area (Å²) in [6.45, 7) is 4.00. The van der Waals surface area contributed by atoms with Gasteiger partial charge < -0.3 is 10.2 Å². The zero-order chi connectivity index (χ0) is 18.9. The molecule has 1 aromatic heterocycles. The van der Waals surface area contributed by atoms with E-state index in [2.05, 4.69) is 21.4 Å². The molecule has 1 aliphatic carbocycles. The second kappa shape index (κ2) is 9.86. The normalized spacial score (nSPS) is 13.7. The Kier molecular flexibility index (Phi) is 6.97. The van der Waals surface area contributed by atoms with Gasteiger partial charge in [0.15, 0.2) is 0 Å². The van der Waals surface area contributed by atoms with Crippen molar-refractivity contribution in [3.8, 4) is 0 Å². The number of anilines is 1. The number of amides is 1. The topological polar surface area (TPSA) is 58.1 Å². The molecule has 1 aliphatic rings. The van der Waals surface area contributed by atoms with Gasteiger partial charge in [0.1, 0.15) is 5.69 Å². The quantitative estimate of drug-likeness (QED) is 0.704. The predicted octanol–water partition coefficient (Wildman–Crippen LogP) is 4.44. The number of carbonyl (C=O) groups is 1. The lowest BCUT2D eigenvalue weighted by molar-refractivity contribution is 0.0746. The Labute approximate surface area is 161 Å². The van der Waals surface area contributed by atoms with Crippen LogP contribution in [0.1, 0.15) is 55.1 Å². The van der Waals surface area contributed by atoms with E-state index in [1.165, 1.54) is 31.3 Å². The number of aromatic nitrogens is 2. The molecule has 0 aliphatic heterocycles. The maximum atomic E-state index is 12.9. The molecule has 0 bridgehead atoms. The van der Waals surface area contributed by atoms with Crippen molar-refractivity contribution in [1.29, 1.82) is 0 Å². The lowest BCUT2D eigenvalue weighted by Gasteiger charge is -2.20. The smallest absolute Gasteiger partial charge is 0.272 e. The molecule has 1 heterocycles. The van der Waals surface area contributed by atoms with Crippen LogP contribution in [0.2, 0.25) is 0 Å². The fraction of sp³-hybridized carbons (Fsp3) is 0.409. The van der Waals surface area contributed by atoms with Crippen molar-refractivity contribution in [3.05, 3.63) is 65.5 Å². The van der Waals surface area contributed by atoms with E-state index in [9.17, 15) is 4.79 Å². The Morgan fingerprint density at radius 3 is 2.78 bits per heavy atom. The predicted molar refractivity (Wildman–Crippen MR) is 109 cm³/mol. The molecule has 27 heavy (non-hydrogen) atoms. The molecule has 0 unspecified atom stereocenters. The second-order valence-corrected chi connectivity index (χ2v) is 6.86. The van der Waals surface area contributed by atoms with Crippen molar-refractivity contribution in [1.82, 2.24) is 14.9 Å². The molecule has 3 rings (SSSR count). The van der Waals surface area contributed by atoms with Gasteiger partial charge in [0.25, 0.3) is 5.91 Å². The van der Waals surface area contributed by atoms with Gasteiger partial charge in [-0.1, -0.05) is 42.0 Å². The number of nitrogens with one attached hydrogen (secondary N) is 1. The standard InChI is InChI=1S/C22H28N4O/c1-2-26(17-19-11-7-4-8-12-19)21(27)20-14-16-24-22(25-20)23-15-13-18-9-5-3-6-10-18/h4,7-9,11-12,14,16H,2-3,5-6,10,13,15,17H2,1H3,(H,23,24,25). The Bertz CT molecular complexity index is 773. The number of allylic oxidation sites excluding steroid dienone is 1. The largest absolute Gasteiger partial charge is 0.354 e. The van der Waals surface area contributed by atoms with Crippen LogP contribution >= 0.6 is 0 Å². The summed E-state index contributed by atoms with van der Waals surface area (Å²) in [5.74, 6) is 0.454. The molecule has 0 radical (unpaired) electrons. The van der Waals surface area contributed by atoms with Crippen molar-refractivity contribution in [2.24, 2.45) is 0 Å². The maximum Gasteiger partial charge on any atom is 0.272 e. The first-order valence-electron chi connectivity index (χ1n) is 9.84. The monoisotopic (exact) mass is 364 g/mol. The molecule has 1 N–H and O–H groups in total. The first kappa shape index (κ1) is 19.1. The summed E-state index contributed by atoms with van der Waals surface area (Å²) >= 11 is 0. The Hall–Kier alpha value is -2.69. The molecule has 0 spiro atoms. The van der Waals surface area contributed by atoms with Gasteiger partial charge in [0, 0.05) is 25.8 Å². The molecule has 5 nitrogen and oxygen atoms in total. The number of rotatable bonds is 8. The van der Waals surface area contributed by atoms with Crippen LogP contribution in [0.5, 0.6) is 0 Å². The summed E-state index contributed by atoms with van der Waals surface area (Å²) in [6, 6.07) is 11.7. The molecular weight excluding hydrogens is 336 g/mol. The SMILES string of the molecule is CCN(Cc1ccccc1)C(=O)c1ccnc(NCCC2=CCCCC2)n1. The van der Waals surface area contributed by atoms with E-state index in [-0.39, 0.29) is 5.91 Å². The molecule has 2 aromatic rings. The lowest BCUT2D eigenvalue weighted by atomic mass is 9.97. The van der Waals surface area contributed by atoms with Gasteiger partial charge in [-0.2, -0.15) is 0 Å². The van der Waals surface area contributed by atoms with E-state index < -0.39 is 0 Å². The minimum Gasteiger partial charge on any atom is -0.354 e. The van der Waals surface area contributed by atoms with Crippen molar-refractivity contribution in [2.45, 2.75) is 45.6 Å². The average molecular weight is 364 g/mol. The third kappa shape index (κ3) is 5.64. The van der Waals surface area contributed by atoms with Crippen LogP contribution in [-0.4, -0.2) is 33.9 Å². The van der Waals surface area contributed by atoms with Gasteiger partial charge in [0.05, 0.1) is 0 Å². The Balaban J connectivity index is 1.59. The molecule has 0 saturated carbocycles. The van der Waals surface area contributed by atoms with Crippen LogP contribution in [0.3, 0.4) is 0 Å². The van der Waals surface area contributed by atoms with Gasteiger partial charge in [-0.25, -0.2) is 9.97 Å². The van der Waals surface area contributed by atoms with Gasteiger partial charge in [-0.3, -0.25) is 4.79 Å². The van der Waals surface area contributed by atoms with Crippen LogP contribution in [-0.2, 0) is 6.54 Å². The molecule has 0 atom stereocenters. The highest BCUT2D eigenvalue weighted by atomic mass is 16.2. The highest BCUT2D eigenvalue weighted by Gasteiger charge is 2.16. The summed E-state index contributed by atoms with van der Waals surface area (Å²) in [5, 5.41) is 3.26. The number of hydrogen-bond acceptors (Lipinski definition) is 4. The molecule has 1 amide bonds. The first-order valence-corrected chi connectivity index (χ1v) is 9.84. The summed E-state index contributed by atoms with van der Waals surface area (Å²) in [5.41, 5.74) is 3.06. The minimum absolute atomic E-state index is 0.0678. The van der Waals surface area contributed by atoms with Crippen LogP contribution in [0.25, 0.3) is 0 Å². The van der Waals surface area contributed by atoms with Crippen LogP contribution in [0, 0.1) is 0 Å². The van der Waals surface area contributed by atoms with Crippen LogP contribution in [0.4, 0.5) is 5.95 Å². The van der Waals surface area contributed by atoms with E-state index in [1.807, 2.05) is 37.3 Å². The zero-order valence-electron chi connectivity index (χ0n) is 16.0. The van der Waals surface area contributed by atoms with E-state index >= 15 is 0 Å². The zero-order valence-corrected chi connectivity index (χ0v) is 16.0. The van der Waals surface area contributed by atoms with Gasteiger partial charge in [0.2, 0.25) is 5.95 Å². The molecule has 1 aromatic carbocycles. The van der Waals surface area contributed by atoms with E-state index in [1.54, 1.807) is 17.2 Å². The highest BCUT2D eigenvalue weighted by Crippen LogP contribution is 2.19. The first-order chi connectivity index (χ1) is 13.3. The fourth-order valence-electron chi connectivity index (χ4n) is 3.32. The fourth-order valence-corrected chi connectivity index (χ4v) is 3.32.